The van der Waals surface area contributed by atoms with Gasteiger partial charge in [0.2, 0.25) is 5.69 Å². The van der Waals surface area contributed by atoms with Gasteiger partial charge in [0.25, 0.3) is 5.91 Å². The first-order chi connectivity index (χ1) is 10.1. The smallest absolute Gasteiger partial charge is 0.322 e. The number of aryl methyl sites for hydroxylation is 1. The van der Waals surface area contributed by atoms with Crippen molar-refractivity contribution in [3.05, 3.63) is 21.5 Å². The number of carbonyl (C=O) groups excluding carboxylic acids is 1. The Balaban J connectivity index is 2.27. The average Bonchev–Trinajstić information content (AvgIpc) is 2.83. The Kier molecular flexibility index (Phi) is 7.42. The summed E-state index contributed by atoms with van der Waals surface area (Å²) >= 11 is 0. The first-order valence-corrected chi connectivity index (χ1v) is 7.55. The number of H-pyrrole nitrogens is 1. The van der Waals surface area contributed by atoms with Crippen LogP contribution in [0.1, 0.15) is 68.1 Å². The third-order valence-electron chi connectivity index (χ3n) is 3.38. The van der Waals surface area contributed by atoms with Crippen LogP contribution in [0.15, 0.2) is 0 Å². The van der Waals surface area contributed by atoms with E-state index < -0.39 is 10.8 Å². The number of aromatic amines is 1. The van der Waals surface area contributed by atoms with Gasteiger partial charge in [-0.1, -0.05) is 45.4 Å². The highest BCUT2D eigenvalue weighted by Crippen LogP contribution is 2.19. The number of rotatable bonds is 10. The second kappa shape index (κ2) is 9.10. The molecule has 1 amide bonds. The molecule has 0 saturated carbocycles. The van der Waals surface area contributed by atoms with Crippen molar-refractivity contribution in [2.45, 2.75) is 58.8 Å². The van der Waals surface area contributed by atoms with Crippen molar-refractivity contribution in [1.82, 2.24) is 15.5 Å². The van der Waals surface area contributed by atoms with Gasteiger partial charge in [-0.05, 0) is 13.3 Å². The van der Waals surface area contributed by atoms with E-state index in [9.17, 15) is 14.9 Å². The number of amides is 1. The van der Waals surface area contributed by atoms with Gasteiger partial charge in [-0.3, -0.25) is 20.0 Å². The van der Waals surface area contributed by atoms with Crippen molar-refractivity contribution in [2.24, 2.45) is 0 Å². The van der Waals surface area contributed by atoms with Crippen LogP contribution in [-0.2, 0) is 0 Å². The van der Waals surface area contributed by atoms with Crippen LogP contribution in [0.5, 0.6) is 0 Å². The maximum Gasteiger partial charge on any atom is 0.322 e. The Morgan fingerprint density at radius 1 is 1.24 bits per heavy atom. The Bertz CT molecular complexity index is 471. The molecule has 0 spiro atoms. The van der Waals surface area contributed by atoms with Crippen LogP contribution in [0, 0.1) is 17.0 Å². The predicted octanol–water partition coefficient (Wildman–Crippen LogP) is 3.11. The second-order valence-electron chi connectivity index (χ2n) is 5.18. The number of hydrogen-bond donors (Lipinski definition) is 2. The summed E-state index contributed by atoms with van der Waals surface area (Å²) in [6.45, 7) is 4.24. The molecule has 0 radical (unpaired) electrons. The number of hydrogen-bond acceptors (Lipinski definition) is 4. The van der Waals surface area contributed by atoms with Crippen molar-refractivity contribution in [1.29, 1.82) is 0 Å². The van der Waals surface area contributed by atoms with Gasteiger partial charge in [0.15, 0.2) is 0 Å². The summed E-state index contributed by atoms with van der Waals surface area (Å²) < 4.78 is 0. The molecule has 0 atom stereocenters. The molecule has 0 aliphatic heterocycles. The highest BCUT2D eigenvalue weighted by Gasteiger charge is 2.26. The highest BCUT2D eigenvalue weighted by atomic mass is 16.6. The lowest BCUT2D eigenvalue weighted by atomic mass is 10.1. The first-order valence-electron chi connectivity index (χ1n) is 7.55. The molecule has 0 aliphatic carbocycles. The van der Waals surface area contributed by atoms with E-state index in [1.54, 1.807) is 0 Å². The maximum atomic E-state index is 11.9. The molecule has 0 unspecified atom stereocenters. The Morgan fingerprint density at radius 3 is 2.48 bits per heavy atom. The Morgan fingerprint density at radius 2 is 1.86 bits per heavy atom. The van der Waals surface area contributed by atoms with E-state index in [4.69, 9.17) is 0 Å². The molecular formula is C14H24N4O3. The zero-order valence-electron chi connectivity index (χ0n) is 12.8. The summed E-state index contributed by atoms with van der Waals surface area (Å²) in [5.74, 6) is -0.489. The number of nitrogens with zero attached hydrogens (tertiary/aromatic N) is 2. The molecule has 1 rings (SSSR count). The van der Waals surface area contributed by atoms with Gasteiger partial charge < -0.3 is 5.32 Å². The number of nitrogens with one attached hydrogen (secondary N) is 2. The number of carbonyl (C=O) groups is 1. The molecule has 0 bridgehead atoms. The van der Waals surface area contributed by atoms with Crippen molar-refractivity contribution >= 4 is 11.6 Å². The van der Waals surface area contributed by atoms with E-state index in [1.165, 1.54) is 32.6 Å². The molecule has 0 aliphatic rings. The molecular weight excluding hydrogens is 272 g/mol. The number of unbranched alkanes of at least 4 members (excludes halogenated alkanes) is 6. The molecule has 1 aromatic heterocycles. The normalized spacial score (nSPS) is 10.6. The molecule has 118 valence electrons. The summed E-state index contributed by atoms with van der Waals surface area (Å²) in [6, 6.07) is 0. The lowest BCUT2D eigenvalue weighted by Gasteiger charge is -2.03. The van der Waals surface area contributed by atoms with Crippen molar-refractivity contribution in [3.63, 3.8) is 0 Å². The molecule has 0 aromatic carbocycles. The SMILES string of the molecule is CCCCCCCCCNC(=O)c1n[nH]c(C)c1[N+](=O)[O-]. The minimum atomic E-state index is -0.582. The molecule has 2 N–H and O–H groups in total. The summed E-state index contributed by atoms with van der Waals surface area (Å²) in [5, 5.41) is 19.7. The van der Waals surface area contributed by atoms with E-state index in [2.05, 4.69) is 22.4 Å². The van der Waals surface area contributed by atoms with E-state index >= 15 is 0 Å². The lowest BCUT2D eigenvalue weighted by molar-refractivity contribution is -0.385. The van der Waals surface area contributed by atoms with E-state index in [-0.39, 0.29) is 11.4 Å². The van der Waals surface area contributed by atoms with Crippen LogP contribution in [0.25, 0.3) is 0 Å². The van der Waals surface area contributed by atoms with Crippen molar-refractivity contribution in [2.75, 3.05) is 6.54 Å². The van der Waals surface area contributed by atoms with Gasteiger partial charge in [0.1, 0.15) is 5.69 Å². The van der Waals surface area contributed by atoms with Gasteiger partial charge in [0, 0.05) is 6.54 Å². The molecule has 0 fully saturated rings. The average molecular weight is 296 g/mol. The zero-order chi connectivity index (χ0) is 15.7. The van der Waals surface area contributed by atoms with Crippen molar-refractivity contribution < 1.29 is 9.72 Å². The fourth-order valence-electron chi connectivity index (χ4n) is 2.17. The Labute approximate surface area is 124 Å². The van der Waals surface area contributed by atoms with Gasteiger partial charge in [-0.25, -0.2) is 0 Å². The topological polar surface area (TPSA) is 101 Å². The molecule has 1 aromatic rings. The van der Waals surface area contributed by atoms with Crippen molar-refractivity contribution in [3.8, 4) is 0 Å². The van der Waals surface area contributed by atoms with Gasteiger partial charge in [-0.15, -0.1) is 0 Å². The largest absolute Gasteiger partial charge is 0.350 e. The maximum absolute atomic E-state index is 11.9. The quantitative estimate of drug-likeness (QED) is 0.393. The lowest BCUT2D eigenvalue weighted by Crippen LogP contribution is -2.25. The third kappa shape index (κ3) is 5.53. The molecule has 1 heterocycles. The van der Waals surface area contributed by atoms with Gasteiger partial charge in [0.05, 0.1) is 4.92 Å². The van der Waals surface area contributed by atoms with Crippen LogP contribution in [-0.4, -0.2) is 27.6 Å². The van der Waals surface area contributed by atoms with Crippen LogP contribution in [0.4, 0.5) is 5.69 Å². The van der Waals surface area contributed by atoms with Crippen LogP contribution < -0.4 is 5.32 Å². The van der Waals surface area contributed by atoms with Crippen LogP contribution >= 0.6 is 0 Å². The summed E-state index contributed by atoms with van der Waals surface area (Å²) in [5.41, 5.74) is -0.0893. The van der Waals surface area contributed by atoms with E-state index in [0.29, 0.717) is 12.2 Å². The summed E-state index contributed by atoms with van der Waals surface area (Å²) in [4.78, 5) is 22.2. The molecule has 7 heteroatoms. The first kappa shape index (κ1) is 17.1. The van der Waals surface area contributed by atoms with E-state index in [1.807, 2.05) is 0 Å². The fraction of sp³-hybridized carbons (Fsp3) is 0.714. The van der Waals surface area contributed by atoms with E-state index in [0.717, 1.165) is 19.3 Å². The standard InChI is InChI=1S/C14H24N4O3/c1-3-4-5-6-7-8-9-10-15-14(19)12-13(18(20)21)11(2)16-17-12/h3-10H2,1-2H3,(H,15,19)(H,16,17). The number of aromatic nitrogens is 2. The van der Waals surface area contributed by atoms with Gasteiger partial charge in [-0.2, -0.15) is 5.10 Å². The van der Waals surface area contributed by atoms with Gasteiger partial charge >= 0.3 is 5.69 Å². The monoisotopic (exact) mass is 296 g/mol. The number of nitro groups is 1. The zero-order valence-corrected chi connectivity index (χ0v) is 12.8. The fourth-order valence-corrected chi connectivity index (χ4v) is 2.17. The highest BCUT2D eigenvalue weighted by molar-refractivity contribution is 5.96. The Hall–Kier alpha value is -1.92. The van der Waals surface area contributed by atoms with Crippen LogP contribution in [0.2, 0.25) is 0 Å². The predicted molar refractivity (Wildman–Crippen MR) is 80.3 cm³/mol. The minimum Gasteiger partial charge on any atom is -0.350 e. The minimum absolute atomic E-state index is 0.138. The summed E-state index contributed by atoms with van der Waals surface area (Å²) in [6.07, 6.45) is 8.11. The third-order valence-corrected chi connectivity index (χ3v) is 3.38. The summed E-state index contributed by atoms with van der Waals surface area (Å²) in [7, 11) is 0. The van der Waals surface area contributed by atoms with Crippen LogP contribution in [0.3, 0.4) is 0 Å². The molecule has 0 saturated heterocycles. The molecule has 21 heavy (non-hydrogen) atoms. The molecule has 7 nitrogen and oxygen atoms in total. The second-order valence-corrected chi connectivity index (χ2v) is 5.18.